The minimum absolute atomic E-state index is 0.290. The van der Waals surface area contributed by atoms with Crippen LogP contribution in [0.4, 0.5) is 29.3 Å². The number of carbonyl (C=O) groups is 3. The third-order valence-corrected chi connectivity index (χ3v) is 4.21. The summed E-state index contributed by atoms with van der Waals surface area (Å²) >= 11 is 1.03. The Labute approximate surface area is 154 Å². The van der Waals surface area contributed by atoms with E-state index >= 15 is 0 Å². The number of nitro groups is 1. The predicted octanol–water partition coefficient (Wildman–Crippen LogP) is 2.26. The molecule has 0 bridgehead atoms. The normalized spacial score (nSPS) is 14.2. The first-order valence-corrected chi connectivity index (χ1v) is 8.29. The van der Waals surface area contributed by atoms with Crippen LogP contribution in [0.1, 0.15) is 5.56 Å². The van der Waals surface area contributed by atoms with Gasteiger partial charge >= 0.3 is 12.1 Å². The van der Waals surface area contributed by atoms with Crippen molar-refractivity contribution in [3.8, 4) is 0 Å². The van der Waals surface area contributed by atoms with Crippen LogP contribution in [-0.2, 0) is 20.5 Å². The van der Waals surface area contributed by atoms with Crippen molar-refractivity contribution in [2.24, 2.45) is 0 Å². The van der Waals surface area contributed by atoms with Gasteiger partial charge in [-0.3, -0.25) is 24.5 Å². The molecule has 13 heteroatoms. The molecule has 146 valence electrons. The number of amides is 2. The average molecular weight is 407 g/mol. The molecule has 0 spiro atoms. The van der Waals surface area contributed by atoms with Crippen LogP contribution in [0.25, 0.3) is 0 Å². The number of carbonyl (C=O) groups excluding carboxylic acids is 3. The highest BCUT2D eigenvalue weighted by atomic mass is 32.2. The maximum absolute atomic E-state index is 13.0. The van der Waals surface area contributed by atoms with Crippen molar-refractivity contribution >= 4 is 40.3 Å². The first-order valence-electron chi connectivity index (χ1n) is 7.30. The van der Waals surface area contributed by atoms with Crippen LogP contribution in [0, 0.1) is 10.1 Å². The summed E-state index contributed by atoms with van der Waals surface area (Å²) in [5.41, 5.74) is -2.91. The molecule has 0 saturated carbocycles. The number of alkyl halides is 3. The van der Waals surface area contributed by atoms with E-state index in [2.05, 4.69) is 4.74 Å². The zero-order valence-electron chi connectivity index (χ0n) is 13.4. The van der Waals surface area contributed by atoms with Gasteiger partial charge in [-0.1, -0.05) is 11.8 Å². The maximum atomic E-state index is 13.0. The molecule has 27 heavy (non-hydrogen) atoms. The Morgan fingerprint density at radius 2 is 2.07 bits per heavy atom. The molecule has 1 saturated heterocycles. The van der Waals surface area contributed by atoms with Crippen LogP contribution in [0.15, 0.2) is 18.2 Å². The van der Waals surface area contributed by atoms with Gasteiger partial charge in [-0.25, -0.2) is 0 Å². The van der Waals surface area contributed by atoms with Gasteiger partial charge in [0.1, 0.15) is 6.54 Å². The predicted molar refractivity (Wildman–Crippen MR) is 87.1 cm³/mol. The SMILES string of the molecule is O=C(COC(=O)CN1CCSC1=O)Nc1ccc([N+](=O)[O-])cc1C(F)(F)F. The molecule has 0 aromatic heterocycles. The van der Waals surface area contributed by atoms with Crippen molar-refractivity contribution in [3.63, 3.8) is 0 Å². The lowest BCUT2D eigenvalue weighted by Crippen LogP contribution is -2.32. The van der Waals surface area contributed by atoms with E-state index in [0.717, 1.165) is 23.9 Å². The molecule has 2 rings (SSSR count). The second-order valence-corrected chi connectivity index (χ2v) is 6.28. The van der Waals surface area contributed by atoms with E-state index in [1.165, 1.54) is 4.90 Å². The van der Waals surface area contributed by atoms with Crippen LogP contribution >= 0.6 is 11.8 Å². The molecule has 1 aliphatic heterocycles. The van der Waals surface area contributed by atoms with Gasteiger partial charge in [0.25, 0.3) is 16.8 Å². The molecule has 1 N–H and O–H groups in total. The summed E-state index contributed by atoms with van der Waals surface area (Å²) < 4.78 is 43.7. The third-order valence-electron chi connectivity index (χ3n) is 3.32. The standard InChI is InChI=1S/C14H12F3N3O6S/c15-14(16,17)9-5-8(20(24)25)1-2-10(9)18-11(21)7-26-12(22)6-19-3-4-27-13(19)23/h1-2,5H,3-4,6-7H2,(H,18,21). The molecule has 1 aromatic carbocycles. The lowest BCUT2D eigenvalue weighted by molar-refractivity contribution is -0.385. The summed E-state index contributed by atoms with van der Waals surface area (Å²) in [5.74, 6) is -1.43. The summed E-state index contributed by atoms with van der Waals surface area (Å²) in [7, 11) is 0. The number of benzene rings is 1. The van der Waals surface area contributed by atoms with E-state index in [-0.39, 0.29) is 17.9 Å². The molecule has 0 atom stereocenters. The minimum Gasteiger partial charge on any atom is -0.454 e. The maximum Gasteiger partial charge on any atom is 0.418 e. The molecular formula is C14H12F3N3O6S. The van der Waals surface area contributed by atoms with E-state index in [1.54, 1.807) is 0 Å². The molecule has 1 heterocycles. The number of rotatable bonds is 6. The van der Waals surface area contributed by atoms with Gasteiger partial charge in [0, 0.05) is 24.4 Å². The number of esters is 1. The Bertz CT molecular complexity index is 786. The Kier molecular flexibility index (Phi) is 6.25. The van der Waals surface area contributed by atoms with Gasteiger partial charge in [0.2, 0.25) is 0 Å². The van der Waals surface area contributed by atoms with Crippen molar-refractivity contribution in [2.45, 2.75) is 6.18 Å². The molecule has 1 aliphatic rings. The second-order valence-electron chi connectivity index (χ2n) is 5.23. The molecule has 9 nitrogen and oxygen atoms in total. The summed E-state index contributed by atoms with van der Waals surface area (Å²) in [6, 6.07) is 1.83. The number of ether oxygens (including phenoxy) is 1. The summed E-state index contributed by atoms with van der Waals surface area (Å²) in [5, 5.41) is 12.2. The smallest absolute Gasteiger partial charge is 0.418 e. The second kappa shape index (κ2) is 8.24. The zero-order valence-corrected chi connectivity index (χ0v) is 14.3. The van der Waals surface area contributed by atoms with E-state index in [4.69, 9.17) is 0 Å². The number of halogens is 3. The highest BCUT2D eigenvalue weighted by Crippen LogP contribution is 2.37. The number of nitrogens with one attached hydrogen (secondary N) is 1. The fourth-order valence-corrected chi connectivity index (χ4v) is 2.92. The number of hydrogen-bond acceptors (Lipinski definition) is 7. The number of anilines is 1. The van der Waals surface area contributed by atoms with Crippen molar-refractivity contribution in [1.29, 1.82) is 0 Å². The molecule has 1 fully saturated rings. The summed E-state index contributed by atoms with van der Waals surface area (Å²) in [6.07, 6.45) is -4.95. The minimum atomic E-state index is -4.95. The van der Waals surface area contributed by atoms with Gasteiger partial charge in [-0.15, -0.1) is 0 Å². The van der Waals surface area contributed by atoms with E-state index in [1.807, 2.05) is 5.32 Å². The Morgan fingerprint density at radius 3 is 2.63 bits per heavy atom. The topological polar surface area (TPSA) is 119 Å². The van der Waals surface area contributed by atoms with Crippen molar-refractivity contribution in [2.75, 3.05) is 30.8 Å². The fourth-order valence-electron chi connectivity index (χ4n) is 2.09. The first kappa shape index (κ1) is 20.5. The summed E-state index contributed by atoms with van der Waals surface area (Å²) in [6.45, 7) is -0.894. The highest BCUT2D eigenvalue weighted by Gasteiger charge is 2.35. The number of nitro benzene ring substituents is 1. The van der Waals surface area contributed by atoms with Gasteiger partial charge in [-0.05, 0) is 6.07 Å². The fraction of sp³-hybridized carbons (Fsp3) is 0.357. The lowest BCUT2D eigenvalue weighted by Gasteiger charge is -2.15. The zero-order chi connectivity index (χ0) is 20.2. The average Bonchev–Trinajstić information content (AvgIpc) is 2.97. The summed E-state index contributed by atoms with van der Waals surface area (Å²) in [4.78, 5) is 45.5. The first-order chi connectivity index (χ1) is 12.6. The molecule has 0 radical (unpaired) electrons. The van der Waals surface area contributed by atoms with Gasteiger partial charge in [-0.2, -0.15) is 13.2 Å². The Morgan fingerprint density at radius 1 is 1.37 bits per heavy atom. The molecule has 0 unspecified atom stereocenters. The molecule has 2 amide bonds. The highest BCUT2D eigenvalue weighted by molar-refractivity contribution is 8.13. The third kappa shape index (κ3) is 5.57. The molecule has 1 aromatic rings. The number of non-ortho nitro benzene ring substituents is 1. The van der Waals surface area contributed by atoms with Crippen LogP contribution in [0.5, 0.6) is 0 Å². The monoisotopic (exact) mass is 407 g/mol. The molecular weight excluding hydrogens is 395 g/mol. The van der Waals surface area contributed by atoms with Crippen LogP contribution in [0.3, 0.4) is 0 Å². The van der Waals surface area contributed by atoms with E-state index in [9.17, 15) is 37.7 Å². The quantitative estimate of drug-likeness (QED) is 0.436. The van der Waals surface area contributed by atoms with Crippen LogP contribution in [-0.4, -0.2) is 52.4 Å². The Balaban J connectivity index is 1.97. The largest absolute Gasteiger partial charge is 0.454 e. The van der Waals surface area contributed by atoms with Crippen molar-refractivity contribution in [3.05, 3.63) is 33.9 Å². The van der Waals surface area contributed by atoms with E-state index in [0.29, 0.717) is 12.3 Å². The van der Waals surface area contributed by atoms with Crippen LogP contribution in [0.2, 0.25) is 0 Å². The lowest BCUT2D eigenvalue weighted by atomic mass is 10.1. The Hall–Kier alpha value is -2.83. The van der Waals surface area contributed by atoms with Crippen LogP contribution < -0.4 is 5.32 Å². The molecule has 0 aliphatic carbocycles. The number of thioether (sulfide) groups is 1. The van der Waals surface area contributed by atoms with E-state index < -0.39 is 46.5 Å². The van der Waals surface area contributed by atoms with Crippen molar-refractivity contribution in [1.82, 2.24) is 4.90 Å². The number of hydrogen-bond donors (Lipinski definition) is 1. The van der Waals surface area contributed by atoms with Gasteiger partial charge in [0.15, 0.2) is 6.61 Å². The van der Waals surface area contributed by atoms with Crippen molar-refractivity contribution < 1.29 is 37.2 Å². The van der Waals surface area contributed by atoms with Gasteiger partial charge in [0.05, 0.1) is 16.2 Å². The number of nitrogens with zero attached hydrogens (tertiary/aromatic N) is 2. The van der Waals surface area contributed by atoms with Gasteiger partial charge < -0.3 is 15.0 Å².